The zero-order valence-electron chi connectivity index (χ0n) is 16.7. The Labute approximate surface area is 180 Å². The third-order valence-corrected chi connectivity index (χ3v) is 7.12. The fraction of sp³-hybridized carbons (Fsp3) is 0.364. The van der Waals surface area contributed by atoms with Gasteiger partial charge in [-0.15, -0.1) is 0 Å². The van der Waals surface area contributed by atoms with E-state index in [0.29, 0.717) is 37.2 Å². The number of halogens is 1. The molecule has 0 bridgehead atoms. The molecule has 2 aliphatic rings. The van der Waals surface area contributed by atoms with Gasteiger partial charge in [-0.2, -0.15) is 5.26 Å². The number of hydrogen-bond donors (Lipinski definition) is 2. The maximum absolute atomic E-state index is 13.6. The first kappa shape index (κ1) is 21.1. The highest BCUT2D eigenvalue weighted by Crippen LogP contribution is 2.43. The second-order valence-corrected chi connectivity index (χ2v) is 9.59. The minimum atomic E-state index is -4.13. The smallest absolute Gasteiger partial charge is 0.335 e. The summed E-state index contributed by atoms with van der Waals surface area (Å²) in [5.41, 5.74) is 1.55. The first-order valence-corrected chi connectivity index (χ1v) is 11.6. The predicted octanol–water partition coefficient (Wildman–Crippen LogP) is 3.87. The highest BCUT2D eigenvalue weighted by atomic mass is 32.2. The van der Waals surface area contributed by atoms with Crippen LogP contribution in [0.25, 0.3) is 0 Å². The molecule has 2 N–H and O–H groups in total. The molecule has 2 aromatic rings. The molecule has 1 saturated carbocycles. The number of carboxylic acids is 1. The third-order valence-electron chi connectivity index (χ3n) is 5.70. The van der Waals surface area contributed by atoms with Gasteiger partial charge in [0.15, 0.2) is 0 Å². The minimum Gasteiger partial charge on any atom is -0.478 e. The summed E-state index contributed by atoms with van der Waals surface area (Å²) in [6, 6.07) is 10.9. The number of nitrogens with one attached hydrogen (secondary N) is 1. The van der Waals surface area contributed by atoms with Crippen molar-refractivity contribution in [3.8, 4) is 6.07 Å². The molecule has 0 radical (unpaired) electrons. The van der Waals surface area contributed by atoms with Gasteiger partial charge in [0.1, 0.15) is 6.17 Å². The largest absolute Gasteiger partial charge is 0.478 e. The van der Waals surface area contributed by atoms with Crippen LogP contribution in [-0.4, -0.2) is 38.8 Å². The summed E-state index contributed by atoms with van der Waals surface area (Å²) < 4.78 is 42.9. The molecule has 7 nitrogen and oxygen atoms in total. The number of nitriles is 1. The van der Waals surface area contributed by atoms with E-state index < -0.39 is 22.2 Å². The fourth-order valence-corrected chi connectivity index (χ4v) is 5.27. The van der Waals surface area contributed by atoms with Gasteiger partial charge in [-0.3, -0.25) is 4.72 Å². The van der Waals surface area contributed by atoms with Crippen LogP contribution in [0.2, 0.25) is 0 Å². The molecule has 1 aliphatic heterocycles. The Morgan fingerprint density at radius 3 is 2.45 bits per heavy atom. The lowest BCUT2D eigenvalue weighted by molar-refractivity contribution is 0.0696. The number of benzene rings is 2. The van der Waals surface area contributed by atoms with Crippen LogP contribution in [0.5, 0.6) is 0 Å². The van der Waals surface area contributed by atoms with Crippen LogP contribution in [0.15, 0.2) is 41.3 Å². The van der Waals surface area contributed by atoms with E-state index in [1.165, 1.54) is 18.2 Å². The highest BCUT2D eigenvalue weighted by molar-refractivity contribution is 7.92. The van der Waals surface area contributed by atoms with Crippen LogP contribution < -0.4 is 9.62 Å². The van der Waals surface area contributed by atoms with Crippen LogP contribution in [0.3, 0.4) is 0 Å². The Morgan fingerprint density at radius 2 is 1.84 bits per heavy atom. The Hall–Kier alpha value is -3.12. The van der Waals surface area contributed by atoms with Crippen molar-refractivity contribution in [3.05, 3.63) is 53.1 Å². The lowest BCUT2D eigenvalue weighted by Gasteiger charge is -2.32. The van der Waals surface area contributed by atoms with E-state index >= 15 is 0 Å². The number of nitrogens with zero attached hydrogens (tertiary/aromatic N) is 2. The summed E-state index contributed by atoms with van der Waals surface area (Å²) in [5, 5.41) is 18.6. The van der Waals surface area contributed by atoms with E-state index in [1.54, 1.807) is 18.2 Å². The summed E-state index contributed by atoms with van der Waals surface area (Å²) in [6.45, 7) is 0.868. The second kappa shape index (κ2) is 8.19. The molecular weight excluding hydrogens is 421 g/mol. The molecule has 1 heterocycles. The number of hydrogen-bond acceptors (Lipinski definition) is 5. The molecular formula is C22H22FN3O4S. The minimum absolute atomic E-state index is 0.0642. The number of aromatic carboxylic acids is 1. The van der Waals surface area contributed by atoms with Gasteiger partial charge in [-0.25, -0.2) is 17.6 Å². The Balaban J connectivity index is 1.74. The van der Waals surface area contributed by atoms with Crippen LogP contribution in [0.1, 0.15) is 53.1 Å². The maximum atomic E-state index is 13.6. The monoisotopic (exact) mass is 443 g/mol. The molecule has 0 spiro atoms. The summed E-state index contributed by atoms with van der Waals surface area (Å²) in [7, 11) is -4.13. The summed E-state index contributed by atoms with van der Waals surface area (Å²) in [5.74, 6) is -1.12. The van der Waals surface area contributed by atoms with Crippen molar-refractivity contribution in [1.29, 1.82) is 5.26 Å². The van der Waals surface area contributed by atoms with Crippen LogP contribution >= 0.6 is 0 Å². The van der Waals surface area contributed by atoms with Gasteiger partial charge in [0.25, 0.3) is 10.0 Å². The van der Waals surface area contributed by atoms with E-state index in [-0.39, 0.29) is 27.6 Å². The van der Waals surface area contributed by atoms with E-state index in [2.05, 4.69) is 4.72 Å². The number of alkyl halides is 1. The normalized spacial score (nSPS) is 17.2. The molecule has 0 unspecified atom stereocenters. The van der Waals surface area contributed by atoms with Gasteiger partial charge in [-0.05, 0) is 67.5 Å². The predicted molar refractivity (Wildman–Crippen MR) is 114 cm³/mol. The quantitative estimate of drug-likeness (QED) is 0.701. The molecule has 0 amide bonds. The van der Waals surface area contributed by atoms with Gasteiger partial charge >= 0.3 is 5.97 Å². The molecule has 2 aromatic carbocycles. The Bertz CT molecular complexity index is 1160. The van der Waals surface area contributed by atoms with Gasteiger partial charge in [-0.1, -0.05) is 6.07 Å². The number of sulfonamides is 1. The molecule has 1 saturated heterocycles. The first-order chi connectivity index (χ1) is 14.8. The lowest BCUT2D eigenvalue weighted by atomic mass is 10.1. The molecule has 0 atom stereocenters. The zero-order chi connectivity index (χ0) is 22.2. The molecule has 9 heteroatoms. The van der Waals surface area contributed by atoms with Crippen LogP contribution in [0, 0.1) is 11.3 Å². The second-order valence-electron chi connectivity index (χ2n) is 7.94. The SMILES string of the molecule is N#Cc1ccc(N2CCC(F)CC2)c(NS(=O)(=O)c2cc(C(=O)O)ccc2C2CC2)c1. The lowest BCUT2D eigenvalue weighted by Crippen LogP contribution is -2.35. The summed E-state index contributed by atoms with van der Waals surface area (Å²) >= 11 is 0. The molecule has 4 rings (SSSR count). The zero-order valence-corrected chi connectivity index (χ0v) is 17.5. The number of carbonyl (C=O) groups is 1. The van der Waals surface area contributed by atoms with E-state index in [0.717, 1.165) is 12.8 Å². The Morgan fingerprint density at radius 1 is 1.13 bits per heavy atom. The number of anilines is 2. The van der Waals surface area contributed by atoms with E-state index in [1.807, 2.05) is 11.0 Å². The topological polar surface area (TPSA) is 111 Å². The van der Waals surface area contributed by atoms with Gasteiger partial charge in [0, 0.05) is 13.1 Å². The fourth-order valence-electron chi connectivity index (χ4n) is 3.88. The third kappa shape index (κ3) is 4.49. The molecule has 2 fully saturated rings. The average Bonchev–Trinajstić information content (AvgIpc) is 3.59. The molecule has 162 valence electrons. The summed E-state index contributed by atoms with van der Waals surface area (Å²) in [4.78, 5) is 13.2. The average molecular weight is 444 g/mol. The maximum Gasteiger partial charge on any atom is 0.335 e. The molecule has 0 aromatic heterocycles. The van der Waals surface area contributed by atoms with E-state index in [4.69, 9.17) is 0 Å². The van der Waals surface area contributed by atoms with Crippen LogP contribution in [0.4, 0.5) is 15.8 Å². The van der Waals surface area contributed by atoms with Crippen LogP contribution in [-0.2, 0) is 10.0 Å². The number of carboxylic acid groups (broad SMARTS) is 1. The van der Waals surface area contributed by atoms with Crippen molar-refractivity contribution >= 4 is 27.4 Å². The highest BCUT2D eigenvalue weighted by Gasteiger charge is 2.32. The number of piperidine rings is 1. The first-order valence-electron chi connectivity index (χ1n) is 10.1. The van der Waals surface area contributed by atoms with Crippen molar-refractivity contribution in [2.75, 3.05) is 22.7 Å². The van der Waals surface area contributed by atoms with Gasteiger partial charge < -0.3 is 10.0 Å². The standard InChI is InChI=1S/C22H22FN3O4S/c23-17-7-9-26(10-8-17)20-6-1-14(13-24)11-19(20)25-31(29,30)21-12-16(22(27)28)4-5-18(21)15-2-3-15/h1,4-6,11-12,15,17,25H,2-3,7-10H2,(H,27,28). The van der Waals surface area contributed by atoms with E-state index in [9.17, 15) is 28.0 Å². The number of rotatable bonds is 6. The Kier molecular flexibility index (Phi) is 5.58. The van der Waals surface area contributed by atoms with Crippen molar-refractivity contribution in [3.63, 3.8) is 0 Å². The van der Waals surface area contributed by atoms with Gasteiger partial charge in [0.2, 0.25) is 0 Å². The molecule has 1 aliphatic carbocycles. The van der Waals surface area contributed by atoms with Gasteiger partial charge in [0.05, 0.1) is 33.5 Å². The summed E-state index contributed by atoms with van der Waals surface area (Å²) in [6.07, 6.45) is 1.51. The van der Waals surface area contributed by atoms with Crippen molar-refractivity contribution in [2.24, 2.45) is 0 Å². The molecule has 31 heavy (non-hydrogen) atoms. The van der Waals surface area contributed by atoms with Crippen molar-refractivity contribution in [2.45, 2.75) is 42.7 Å². The van der Waals surface area contributed by atoms with Crippen molar-refractivity contribution in [1.82, 2.24) is 0 Å². The van der Waals surface area contributed by atoms with Crippen molar-refractivity contribution < 1.29 is 22.7 Å².